The van der Waals surface area contributed by atoms with Crippen molar-refractivity contribution in [2.45, 2.75) is 45.4 Å². The third-order valence-electron chi connectivity index (χ3n) is 5.13. The number of hydrogen-bond donors (Lipinski definition) is 0. The molecule has 3 rings (SSSR count). The van der Waals surface area contributed by atoms with E-state index in [1.165, 1.54) is 28.3 Å². The molecule has 2 aromatic rings. The number of hydrogen-bond acceptors (Lipinski definition) is 5. The van der Waals surface area contributed by atoms with Crippen molar-refractivity contribution in [2.24, 2.45) is 0 Å². The molecule has 5 heteroatoms. The van der Waals surface area contributed by atoms with Gasteiger partial charge in [-0.3, -0.25) is 0 Å². The Hall–Kier alpha value is -2.89. The highest BCUT2D eigenvalue weighted by molar-refractivity contribution is 7.07. The van der Waals surface area contributed by atoms with Gasteiger partial charge >= 0.3 is 0 Å². The highest BCUT2D eigenvalue weighted by atomic mass is 32.1. The number of thiazole rings is 1. The van der Waals surface area contributed by atoms with Gasteiger partial charge in [-0.1, -0.05) is 52.8 Å². The van der Waals surface area contributed by atoms with E-state index >= 15 is 0 Å². The molecule has 28 heavy (non-hydrogen) atoms. The zero-order valence-electron chi connectivity index (χ0n) is 17.2. The first-order chi connectivity index (χ1) is 13.1. The van der Waals surface area contributed by atoms with Crippen molar-refractivity contribution in [3.05, 3.63) is 56.5 Å². The van der Waals surface area contributed by atoms with Crippen molar-refractivity contribution < 1.29 is 0 Å². The van der Waals surface area contributed by atoms with Crippen LogP contribution in [0.4, 0.5) is 5.69 Å². The van der Waals surface area contributed by atoms with E-state index in [0.717, 1.165) is 10.2 Å². The van der Waals surface area contributed by atoms with Crippen LogP contribution in [0, 0.1) is 22.7 Å². The lowest BCUT2D eigenvalue weighted by Crippen LogP contribution is -2.23. The van der Waals surface area contributed by atoms with E-state index in [2.05, 4.69) is 88.0 Å². The summed E-state index contributed by atoms with van der Waals surface area (Å²) < 4.78 is 1.47. The Bertz CT molecular complexity index is 1140. The molecule has 0 bridgehead atoms. The zero-order valence-corrected chi connectivity index (χ0v) is 18.0. The molecule has 142 valence electrons. The predicted molar refractivity (Wildman–Crippen MR) is 115 cm³/mol. The molecule has 0 unspecified atom stereocenters. The van der Waals surface area contributed by atoms with Crippen molar-refractivity contribution in [3.63, 3.8) is 0 Å². The van der Waals surface area contributed by atoms with Crippen LogP contribution in [0.3, 0.4) is 0 Å². The van der Waals surface area contributed by atoms with Crippen LogP contribution in [0.2, 0.25) is 0 Å². The summed E-state index contributed by atoms with van der Waals surface area (Å²) in [5.41, 5.74) is 4.41. The zero-order chi connectivity index (χ0) is 20.7. The van der Waals surface area contributed by atoms with Gasteiger partial charge < -0.3 is 4.90 Å². The molecule has 4 nitrogen and oxygen atoms in total. The van der Waals surface area contributed by atoms with Gasteiger partial charge in [-0.05, 0) is 23.8 Å². The third kappa shape index (κ3) is 3.23. The Labute approximate surface area is 170 Å². The molecule has 0 saturated heterocycles. The number of aromatic nitrogens is 1. The van der Waals surface area contributed by atoms with Crippen LogP contribution in [-0.2, 0) is 10.8 Å². The molecular weight excluding hydrogens is 364 g/mol. The summed E-state index contributed by atoms with van der Waals surface area (Å²) in [6, 6.07) is 12.4. The second-order valence-electron chi connectivity index (χ2n) is 8.50. The Morgan fingerprint density at radius 3 is 2.36 bits per heavy atom. The lowest BCUT2D eigenvalue weighted by molar-refractivity contribution is 0.568. The molecule has 1 aromatic heterocycles. The summed E-state index contributed by atoms with van der Waals surface area (Å²) in [5.74, 6) is 0. The van der Waals surface area contributed by atoms with Crippen molar-refractivity contribution in [1.29, 1.82) is 10.5 Å². The second kappa shape index (κ2) is 6.93. The maximum absolute atomic E-state index is 9.22. The molecule has 0 amide bonds. The van der Waals surface area contributed by atoms with Crippen molar-refractivity contribution in [2.75, 3.05) is 11.9 Å². The summed E-state index contributed by atoms with van der Waals surface area (Å²) in [7, 11) is 2.09. The smallest absolute Gasteiger partial charge is 0.165 e. The summed E-state index contributed by atoms with van der Waals surface area (Å²) in [4.78, 5) is 6.85. The number of benzene rings is 1. The van der Waals surface area contributed by atoms with E-state index in [0.29, 0.717) is 4.66 Å². The van der Waals surface area contributed by atoms with E-state index in [9.17, 15) is 10.5 Å². The first-order valence-electron chi connectivity index (χ1n) is 9.19. The van der Waals surface area contributed by atoms with E-state index < -0.39 is 0 Å². The summed E-state index contributed by atoms with van der Waals surface area (Å²) >= 11 is 1.40. The molecule has 0 radical (unpaired) electrons. The first kappa shape index (κ1) is 19.9. The quantitative estimate of drug-likeness (QED) is 0.747. The molecule has 0 N–H and O–H groups in total. The largest absolute Gasteiger partial charge is 0.347 e. The fraction of sp³-hybridized carbons (Fsp3) is 0.348. The maximum atomic E-state index is 9.22. The Morgan fingerprint density at radius 2 is 1.79 bits per heavy atom. The lowest BCUT2D eigenvalue weighted by Gasteiger charge is -2.23. The van der Waals surface area contributed by atoms with E-state index in [4.69, 9.17) is 0 Å². The number of fused-ring (bicyclic) bond motifs is 1. The van der Waals surface area contributed by atoms with Crippen molar-refractivity contribution in [3.8, 4) is 12.1 Å². The normalized spacial score (nSPS) is 17.4. The first-order valence-corrected chi connectivity index (χ1v) is 10.0. The Morgan fingerprint density at radius 1 is 1.14 bits per heavy atom. The van der Waals surface area contributed by atoms with E-state index in [-0.39, 0.29) is 16.4 Å². The minimum atomic E-state index is -0.185. The number of allylic oxidation sites excluding steroid dienone is 2. The van der Waals surface area contributed by atoms with E-state index in [1.807, 2.05) is 12.1 Å². The molecule has 0 saturated carbocycles. The lowest BCUT2D eigenvalue weighted by atomic mass is 9.84. The minimum absolute atomic E-state index is 0.0634. The molecule has 0 aliphatic carbocycles. The number of rotatable bonds is 1. The van der Waals surface area contributed by atoms with Crippen molar-refractivity contribution in [1.82, 2.24) is 4.98 Å². The standard InChI is InChI=1S/C23H24N4S/c1-22(2,3)20-18(28-21(26-20)15(13-24)14-25)11-12-19-23(4,5)16-9-7-8-10-17(16)27(19)6/h7-12H,1-6H3. The van der Waals surface area contributed by atoms with Crippen LogP contribution in [0.25, 0.3) is 11.6 Å². The van der Waals surface area contributed by atoms with Crippen LogP contribution in [0.5, 0.6) is 0 Å². The van der Waals surface area contributed by atoms with Gasteiger partial charge in [-0.2, -0.15) is 10.5 Å². The maximum Gasteiger partial charge on any atom is 0.165 e. The number of nitriles is 2. The van der Waals surface area contributed by atoms with Crippen LogP contribution in [-0.4, -0.2) is 12.0 Å². The number of para-hydroxylation sites is 1. The predicted octanol–water partition coefficient (Wildman–Crippen LogP) is 3.73. The molecule has 1 aromatic carbocycles. The van der Waals surface area contributed by atoms with Gasteiger partial charge in [-0.15, -0.1) is 11.3 Å². The van der Waals surface area contributed by atoms with Gasteiger partial charge in [0, 0.05) is 29.3 Å². The molecule has 0 atom stereocenters. The summed E-state index contributed by atoms with van der Waals surface area (Å²) in [5, 5.41) is 18.4. The van der Waals surface area contributed by atoms with Crippen LogP contribution in [0.1, 0.15) is 45.9 Å². The second-order valence-corrected chi connectivity index (χ2v) is 9.53. The Kier molecular flexibility index (Phi) is 4.91. The average molecular weight is 389 g/mol. The van der Waals surface area contributed by atoms with Crippen LogP contribution in [0.15, 0.2) is 36.0 Å². The van der Waals surface area contributed by atoms with Crippen LogP contribution < -0.4 is 14.1 Å². The van der Waals surface area contributed by atoms with Gasteiger partial charge in [0.2, 0.25) is 0 Å². The molecule has 0 fully saturated rings. The minimum Gasteiger partial charge on any atom is -0.347 e. The number of likely N-dealkylation sites (N-methyl/N-ethyl adjacent to an activating group) is 1. The molecular formula is C23H24N4S. The fourth-order valence-corrected chi connectivity index (χ4v) is 4.79. The molecule has 2 heterocycles. The summed E-state index contributed by atoms with van der Waals surface area (Å²) in [6.07, 6.45) is 4.22. The number of nitrogens with zero attached hydrogens (tertiary/aromatic N) is 4. The average Bonchev–Trinajstić information content (AvgIpc) is 3.14. The molecule has 1 aliphatic rings. The third-order valence-corrected chi connectivity index (χ3v) is 6.17. The fourth-order valence-electron chi connectivity index (χ4n) is 3.67. The van der Waals surface area contributed by atoms with Gasteiger partial charge in [0.25, 0.3) is 0 Å². The van der Waals surface area contributed by atoms with Crippen molar-refractivity contribution >= 4 is 28.7 Å². The topological polar surface area (TPSA) is 63.7 Å². The SMILES string of the molecule is CN1C(=CC=c2sc(=C(C#N)C#N)nc2C(C)(C)C)C(C)(C)c2ccccc21. The Balaban J connectivity index is 2.22. The van der Waals surface area contributed by atoms with Gasteiger partial charge in [0.05, 0.1) is 10.2 Å². The van der Waals surface area contributed by atoms with E-state index in [1.54, 1.807) is 0 Å². The van der Waals surface area contributed by atoms with Gasteiger partial charge in [0.1, 0.15) is 16.8 Å². The van der Waals surface area contributed by atoms with Crippen LogP contribution >= 0.6 is 11.3 Å². The summed E-state index contributed by atoms with van der Waals surface area (Å²) in [6.45, 7) is 10.7. The van der Waals surface area contributed by atoms with Gasteiger partial charge in [-0.25, -0.2) is 4.98 Å². The highest BCUT2D eigenvalue weighted by Gasteiger charge is 2.37. The monoisotopic (exact) mass is 388 g/mol. The molecule has 0 spiro atoms. The highest BCUT2D eigenvalue weighted by Crippen LogP contribution is 2.46. The molecule has 1 aliphatic heterocycles. The van der Waals surface area contributed by atoms with Gasteiger partial charge in [0.15, 0.2) is 5.57 Å². The number of anilines is 1.